The molecule has 0 saturated heterocycles. The van der Waals surface area contributed by atoms with Gasteiger partial charge in [-0.1, -0.05) is 19.8 Å². The zero-order chi connectivity index (χ0) is 13.7. The molecule has 5 heteroatoms. The van der Waals surface area contributed by atoms with Crippen LogP contribution in [0.3, 0.4) is 0 Å². The number of carboxylic acid groups (broad SMARTS) is 1. The molecule has 0 aliphatic rings. The van der Waals surface area contributed by atoms with Gasteiger partial charge in [0.1, 0.15) is 6.04 Å². The Kier molecular flexibility index (Phi) is 4.28. The first-order valence-electron chi connectivity index (χ1n) is 6.40. The molecule has 0 amide bonds. The van der Waals surface area contributed by atoms with E-state index < -0.39 is 12.0 Å². The predicted octanol–water partition coefficient (Wildman–Crippen LogP) is 2.69. The number of nitrogens with one attached hydrogen (secondary N) is 1. The Labute approximate surface area is 111 Å². The SMILES string of the molecule is CCCCC(Nc1ccnc2cnccc12)C(=O)O. The van der Waals surface area contributed by atoms with Crippen LogP contribution in [-0.4, -0.2) is 27.1 Å². The molecule has 0 saturated carbocycles. The van der Waals surface area contributed by atoms with Crippen LogP contribution in [0.4, 0.5) is 5.69 Å². The number of unbranched alkanes of at least 4 members (excludes halogenated alkanes) is 1. The van der Waals surface area contributed by atoms with Crippen LogP contribution in [0.25, 0.3) is 10.9 Å². The Bertz CT molecular complexity index is 566. The Balaban J connectivity index is 2.26. The molecule has 0 radical (unpaired) electrons. The number of anilines is 1. The molecule has 2 aromatic rings. The Hall–Kier alpha value is -2.17. The smallest absolute Gasteiger partial charge is 0.326 e. The summed E-state index contributed by atoms with van der Waals surface area (Å²) in [6.45, 7) is 2.05. The molecule has 2 aromatic heterocycles. The summed E-state index contributed by atoms with van der Waals surface area (Å²) in [4.78, 5) is 19.5. The molecular formula is C14H17N3O2. The minimum Gasteiger partial charge on any atom is -0.480 e. The average molecular weight is 259 g/mol. The normalized spacial score (nSPS) is 12.3. The van der Waals surface area contributed by atoms with E-state index in [0.717, 1.165) is 29.4 Å². The fourth-order valence-electron chi connectivity index (χ4n) is 1.98. The number of pyridine rings is 2. The van der Waals surface area contributed by atoms with Crippen LogP contribution in [0, 0.1) is 0 Å². The van der Waals surface area contributed by atoms with E-state index in [1.807, 2.05) is 13.0 Å². The molecule has 0 aliphatic heterocycles. The second kappa shape index (κ2) is 6.13. The van der Waals surface area contributed by atoms with E-state index in [2.05, 4.69) is 15.3 Å². The molecule has 5 nitrogen and oxygen atoms in total. The van der Waals surface area contributed by atoms with Crippen LogP contribution in [0.15, 0.2) is 30.7 Å². The van der Waals surface area contributed by atoms with E-state index in [1.54, 1.807) is 24.7 Å². The van der Waals surface area contributed by atoms with Crippen molar-refractivity contribution in [2.75, 3.05) is 5.32 Å². The van der Waals surface area contributed by atoms with Gasteiger partial charge < -0.3 is 10.4 Å². The third kappa shape index (κ3) is 3.19. The molecule has 2 heterocycles. The molecule has 1 unspecified atom stereocenters. The Morgan fingerprint density at radius 2 is 2.26 bits per heavy atom. The summed E-state index contributed by atoms with van der Waals surface area (Å²) in [6.07, 6.45) is 7.48. The van der Waals surface area contributed by atoms with Crippen molar-refractivity contribution in [1.82, 2.24) is 9.97 Å². The monoisotopic (exact) mass is 259 g/mol. The van der Waals surface area contributed by atoms with Gasteiger partial charge in [-0.05, 0) is 18.6 Å². The second-order valence-electron chi connectivity index (χ2n) is 4.43. The molecule has 19 heavy (non-hydrogen) atoms. The van der Waals surface area contributed by atoms with Crippen molar-refractivity contribution in [2.24, 2.45) is 0 Å². The van der Waals surface area contributed by atoms with Gasteiger partial charge in [0, 0.05) is 23.5 Å². The highest BCUT2D eigenvalue weighted by atomic mass is 16.4. The first-order chi connectivity index (χ1) is 9.22. The molecule has 0 fully saturated rings. The number of carboxylic acids is 1. The zero-order valence-corrected chi connectivity index (χ0v) is 10.8. The predicted molar refractivity (Wildman–Crippen MR) is 74.1 cm³/mol. The lowest BCUT2D eigenvalue weighted by Gasteiger charge is -2.16. The van der Waals surface area contributed by atoms with Gasteiger partial charge in [0.25, 0.3) is 0 Å². The van der Waals surface area contributed by atoms with Gasteiger partial charge in [0.05, 0.1) is 11.7 Å². The third-order valence-electron chi connectivity index (χ3n) is 3.02. The highest BCUT2D eigenvalue weighted by molar-refractivity contribution is 5.92. The largest absolute Gasteiger partial charge is 0.480 e. The highest BCUT2D eigenvalue weighted by Crippen LogP contribution is 2.21. The summed E-state index contributed by atoms with van der Waals surface area (Å²) in [5, 5.41) is 13.2. The number of rotatable bonds is 6. The summed E-state index contributed by atoms with van der Waals surface area (Å²) in [6, 6.07) is 3.06. The maximum absolute atomic E-state index is 11.3. The van der Waals surface area contributed by atoms with Gasteiger partial charge in [-0.15, -0.1) is 0 Å². The molecule has 2 N–H and O–H groups in total. The third-order valence-corrected chi connectivity index (χ3v) is 3.02. The minimum atomic E-state index is -0.826. The van der Waals surface area contributed by atoms with Crippen LogP contribution in [-0.2, 0) is 4.79 Å². The maximum atomic E-state index is 11.3. The fourth-order valence-corrected chi connectivity index (χ4v) is 1.98. The summed E-state index contributed by atoms with van der Waals surface area (Å²) >= 11 is 0. The van der Waals surface area contributed by atoms with Gasteiger partial charge in [-0.3, -0.25) is 9.97 Å². The molecule has 100 valence electrons. The topological polar surface area (TPSA) is 75.1 Å². The average Bonchev–Trinajstić information content (AvgIpc) is 2.43. The van der Waals surface area contributed by atoms with Gasteiger partial charge in [0.15, 0.2) is 0 Å². The lowest BCUT2D eigenvalue weighted by Crippen LogP contribution is -2.29. The number of fused-ring (bicyclic) bond motifs is 1. The number of aromatic nitrogens is 2. The van der Waals surface area contributed by atoms with Gasteiger partial charge in [-0.2, -0.15) is 0 Å². The van der Waals surface area contributed by atoms with Crippen molar-refractivity contribution in [3.63, 3.8) is 0 Å². The van der Waals surface area contributed by atoms with Crippen molar-refractivity contribution in [3.8, 4) is 0 Å². The summed E-state index contributed by atoms with van der Waals surface area (Å²) in [5.74, 6) is -0.826. The first-order valence-corrected chi connectivity index (χ1v) is 6.40. The number of carbonyl (C=O) groups is 1. The lowest BCUT2D eigenvalue weighted by atomic mass is 10.1. The first kappa shape index (κ1) is 13.3. The van der Waals surface area contributed by atoms with Crippen LogP contribution in [0.2, 0.25) is 0 Å². The van der Waals surface area contributed by atoms with Crippen LogP contribution in [0.1, 0.15) is 26.2 Å². The standard InChI is InChI=1S/C14H17N3O2/c1-2-3-4-12(14(18)19)17-11-6-8-16-13-9-15-7-5-10(11)13/h5-9,12H,2-4H2,1H3,(H,16,17)(H,18,19). The van der Waals surface area contributed by atoms with E-state index in [-0.39, 0.29) is 0 Å². The Morgan fingerprint density at radius 1 is 1.42 bits per heavy atom. The van der Waals surface area contributed by atoms with Crippen LogP contribution < -0.4 is 5.32 Å². The number of aliphatic carboxylic acids is 1. The molecule has 0 aromatic carbocycles. The molecule has 2 rings (SSSR count). The quantitative estimate of drug-likeness (QED) is 0.834. The van der Waals surface area contributed by atoms with Gasteiger partial charge in [0.2, 0.25) is 0 Å². The Morgan fingerprint density at radius 3 is 3.00 bits per heavy atom. The van der Waals surface area contributed by atoms with Gasteiger partial charge in [-0.25, -0.2) is 4.79 Å². The molecule has 0 bridgehead atoms. The van der Waals surface area contributed by atoms with Gasteiger partial charge >= 0.3 is 5.97 Å². The molecular weight excluding hydrogens is 242 g/mol. The summed E-state index contributed by atoms with van der Waals surface area (Å²) in [5.41, 5.74) is 1.54. The van der Waals surface area contributed by atoms with E-state index in [0.29, 0.717) is 6.42 Å². The van der Waals surface area contributed by atoms with E-state index >= 15 is 0 Å². The van der Waals surface area contributed by atoms with Crippen molar-refractivity contribution < 1.29 is 9.90 Å². The molecule has 1 atom stereocenters. The van der Waals surface area contributed by atoms with E-state index in [9.17, 15) is 9.90 Å². The van der Waals surface area contributed by atoms with Crippen molar-refractivity contribution in [3.05, 3.63) is 30.7 Å². The number of nitrogens with zero attached hydrogens (tertiary/aromatic N) is 2. The van der Waals surface area contributed by atoms with Crippen molar-refractivity contribution >= 4 is 22.6 Å². The summed E-state index contributed by atoms with van der Waals surface area (Å²) in [7, 11) is 0. The minimum absolute atomic E-state index is 0.571. The van der Waals surface area contributed by atoms with E-state index in [4.69, 9.17) is 0 Å². The fraction of sp³-hybridized carbons (Fsp3) is 0.357. The van der Waals surface area contributed by atoms with Crippen LogP contribution >= 0.6 is 0 Å². The maximum Gasteiger partial charge on any atom is 0.326 e. The number of hydrogen-bond acceptors (Lipinski definition) is 4. The van der Waals surface area contributed by atoms with E-state index in [1.165, 1.54) is 0 Å². The van der Waals surface area contributed by atoms with Crippen molar-refractivity contribution in [1.29, 1.82) is 0 Å². The molecule has 0 spiro atoms. The lowest BCUT2D eigenvalue weighted by molar-refractivity contribution is -0.138. The number of hydrogen-bond donors (Lipinski definition) is 2. The van der Waals surface area contributed by atoms with Crippen LogP contribution in [0.5, 0.6) is 0 Å². The zero-order valence-electron chi connectivity index (χ0n) is 10.8. The summed E-state index contributed by atoms with van der Waals surface area (Å²) < 4.78 is 0. The van der Waals surface area contributed by atoms with Crippen molar-refractivity contribution in [2.45, 2.75) is 32.2 Å². The second-order valence-corrected chi connectivity index (χ2v) is 4.43. The molecule has 0 aliphatic carbocycles. The highest BCUT2D eigenvalue weighted by Gasteiger charge is 2.17.